The number of hydrogen-bond donors (Lipinski definition) is 1. The van der Waals surface area contributed by atoms with Crippen LogP contribution >= 0.6 is 11.8 Å². The van der Waals surface area contributed by atoms with Crippen LogP contribution in [0.15, 0.2) is 93.1 Å². The van der Waals surface area contributed by atoms with Crippen molar-refractivity contribution in [3.8, 4) is 5.75 Å². The number of thioether (sulfide) groups is 1. The third-order valence-electron chi connectivity index (χ3n) is 5.50. The number of nitrogens with zero attached hydrogens (tertiary/aromatic N) is 3. The monoisotopic (exact) mass is 484 g/mol. The number of hydrogen-bond acceptors (Lipinski definition) is 7. The van der Waals surface area contributed by atoms with Crippen LogP contribution in [0.3, 0.4) is 0 Å². The number of rotatable bonds is 6. The van der Waals surface area contributed by atoms with Crippen LogP contribution in [0.2, 0.25) is 0 Å². The molecule has 1 aromatic heterocycles. The summed E-state index contributed by atoms with van der Waals surface area (Å²) < 4.78 is 10.3. The fraction of sp³-hybridized carbons (Fsp3) is 0.115. The molecule has 0 unspecified atom stereocenters. The second-order valence-electron chi connectivity index (χ2n) is 7.77. The molecular weight excluding hydrogens is 464 g/mol. The molecule has 0 radical (unpaired) electrons. The lowest BCUT2D eigenvalue weighted by Gasteiger charge is -2.20. The Bertz CT molecular complexity index is 1380. The van der Waals surface area contributed by atoms with E-state index in [9.17, 15) is 9.59 Å². The van der Waals surface area contributed by atoms with Gasteiger partial charge in [0.05, 0.1) is 11.8 Å². The first-order valence-corrected chi connectivity index (χ1v) is 11.8. The van der Waals surface area contributed by atoms with Crippen molar-refractivity contribution in [1.29, 1.82) is 5.41 Å². The SMILES string of the molecule is CC[C@@H](C1=NN2C(=N)/C(=C\c3ccc(OC(=O)c4ccco4)cc3)C(=O)N=C2S1)c1ccccc1. The number of hydrazone groups is 1. The van der Waals surface area contributed by atoms with Crippen LogP contribution in [-0.4, -0.2) is 32.9 Å². The van der Waals surface area contributed by atoms with E-state index in [2.05, 4.69) is 17.0 Å². The molecule has 3 heterocycles. The van der Waals surface area contributed by atoms with Gasteiger partial charge >= 0.3 is 5.97 Å². The Labute approximate surface area is 205 Å². The number of esters is 1. The van der Waals surface area contributed by atoms with Gasteiger partial charge < -0.3 is 9.15 Å². The van der Waals surface area contributed by atoms with E-state index in [-0.39, 0.29) is 23.1 Å². The van der Waals surface area contributed by atoms with Crippen LogP contribution in [0.25, 0.3) is 6.08 Å². The van der Waals surface area contributed by atoms with E-state index in [4.69, 9.17) is 14.6 Å². The fourth-order valence-electron chi connectivity index (χ4n) is 3.74. The third kappa shape index (κ3) is 4.58. The van der Waals surface area contributed by atoms with Gasteiger partial charge in [-0.25, -0.2) is 4.79 Å². The van der Waals surface area contributed by atoms with E-state index in [0.717, 1.165) is 17.0 Å². The Balaban J connectivity index is 1.35. The summed E-state index contributed by atoms with van der Waals surface area (Å²) in [5.41, 5.74) is 1.91. The van der Waals surface area contributed by atoms with Gasteiger partial charge in [-0.2, -0.15) is 15.1 Å². The van der Waals surface area contributed by atoms with E-state index in [1.165, 1.54) is 29.1 Å². The molecule has 8 nitrogen and oxygen atoms in total. The van der Waals surface area contributed by atoms with Crippen LogP contribution in [0.1, 0.15) is 40.9 Å². The molecule has 3 aromatic rings. The summed E-state index contributed by atoms with van der Waals surface area (Å²) in [6.07, 6.45) is 3.80. The van der Waals surface area contributed by atoms with Gasteiger partial charge in [0.2, 0.25) is 10.9 Å². The molecule has 5 rings (SSSR count). The molecule has 35 heavy (non-hydrogen) atoms. The second kappa shape index (κ2) is 9.55. The number of carbonyl (C=O) groups is 2. The number of ether oxygens (including phenoxy) is 1. The first kappa shape index (κ1) is 22.5. The quantitative estimate of drug-likeness (QED) is 0.288. The third-order valence-corrected chi connectivity index (χ3v) is 6.52. The first-order chi connectivity index (χ1) is 17.0. The largest absolute Gasteiger partial charge is 0.457 e. The number of amidine groups is 2. The number of furan rings is 1. The molecule has 1 atom stereocenters. The van der Waals surface area contributed by atoms with Crippen LogP contribution in [0.5, 0.6) is 5.75 Å². The van der Waals surface area contributed by atoms with E-state index < -0.39 is 11.9 Å². The molecular formula is C26H20N4O4S. The molecule has 2 aliphatic rings. The van der Waals surface area contributed by atoms with Crippen molar-refractivity contribution >= 4 is 45.8 Å². The summed E-state index contributed by atoms with van der Waals surface area (Å²) in [6, 6.07) is 19.7. The molecule has 0 spiro atoms. The van der Waals surface area contributed by atoms with Gasteiger partial charge in [-0.15, -0.1) is 0 Å². The average Bonchev–Trinajstić information content (AvgIpc) is 3.55. The molecule has 0 bridgehead atoms. The standard InChI is InChI=1S/C26H20N4O4S/c1-2-19(17-7-4-3-5-8-17)24-29-30-22(27)20(23(31)28-26(30)35-24)15-16-10-12-18(13-11-16)34-25(32)21-9-6-14-33-21/h3-15,19,27H,2H2,1H3/b20-15+,27-22?/t19-/m1/s1. The van der Waals surface area contributed by atoms with Gasteiger partial charge in [-0.05, 0) is 59.7 Å². The summed E-state index contributed by atoms with van der Waals surface area (Å²) in [5, 5.41) is 15.9. The minimum atomic E-state index is -0.603. The molecule has 1 amide bonds. The van der Waals surface area contributed by atoms with Crippen LogP contribution < -0.4 is 4.74 Å². The highest BCUT2D eigenvalue weighted by atomic mass is 32.2. The molecule has 0 fully saturated rings. The topological polar surface area (TPSA) is 108 Å². The lowest BCUT2D eigenvalue weighted by atomic mass is 9.98. The average molecular weight is 485 g/mol. The van der Waals surface area contributed by atoms with E-state index in [1.54, 1.807) is 36.4 Å². The number of benzene rings is 2. The zero-order valence-electron chi connectivity index (χ0n) is 18.7. The molecule has 0 saturated heterocycles. The molecule has 0 saturated carbocycles. The maximum absolute atomic E-state index is 12.7. The predicted molar refractivity (Wildman–Crippen MR) is 135 cm³/mol. The summed E-state index contributed by atoms with van der Waals surface area (Å²) in [5.74, 6) is -0.637. The minimum absolute atomic E-state index is 0.0289. The second-order valence-corrected chi connectivity index (χ2v) is 8.75. The molecule has 174 valence electrons. The van der Waals surface area contributed by atoms with Crippen LogP contribution in [0.4, 0.5) is 0 Å². The maximum Gasteiger partial charge on any atom is 0.379 e. The lowest BCUT2D eigenvalue weighted by molar-refractivity contribution is -0.114. The number of nitrogens with one attached hydrogen (secondary N) is 1. The zero-order chi connectivity index (χ0) is 24.4. The summed E-state index contributed by atoms with van der Waals surface area (Å²) >= 11 is 1.33. The Hall–Kier alpha value is -4.24. The van der Waals surface area contributed by atoms with Crippen molar-refractivity contribution in [2.24, 2.45) is 10.1 Å². The highest BCUT2D eigenvalue weighted by Crippen LogP contribution is 2.36. The highest BCUT2D eigenvalue weighted by molar-refractivity contribution is 8.27. The Morgan fingerprint density at radius 2 is 1.91 bits per heavy atom. The fourth-order valence-corrected chi connectivity index (χ4v) is 4.84. The van der Waals surface area contributed by atoms with Gasteiger partial charge in [-0.1, -0.05) is 49.4 Å². The van der Waals surface area contributed by atoms with Gasteiger partial charge in [0.15, 0.2) is 5.84 Å². The van der Waals surface area contributed by atoms with E-state index in [0.29, 0.717) is 16.5 Å². The Kier molecular flexibility index (Phi) is 6.15. The van der Waals surface area contributed by atoms with Gasteiger partial charge in [0, 0.05) is 5.92 Å². The zero-order valence-corrected chi connectivity index (χ0v) is 19.5. The molecule has 1 N–H and O–H groups in total. The van der Waals surface area contributed by atoms with Gasteiger partial charge in [0.25, 0.3) is 5.91 Å². The van der Waals surface area contributed by atoms with Crippen molar-refractivity contribution < 1.29 is 18.7 Å². The summed E-state index contributed by atoms with van der Waals surface area (Å²) in [6.45, 7) is 2.08. The minimum Gasteiger partial charge on any atom is -0.457 e. The summed E-state index contributed by atoms with van der Waals surface area (Å²) in [7, 11) is 0. The molecule has 9 heteroatoms. The highest BCUT2D eigenvalue weighted by Gasteiger charge is 2.37. The van der Waals surface area contributed by atoms with Crippen molar-refractivity contribution in [3.05, 3.63) is 95.5 Å². The number of fused-ring (bicyclic) bond motifs is 1. The Morgan fingerprint density at radius 3 is 2.60 bits per heavy atom. The van der Waals surface area contributed by atoms with Gasteiger partial charge in [0.1, 0.15) is 10.8 Å². The van der Waals surface area contributed by atoms with Crippen LogP contribution in [0, 0.1) is 5.41 Å². The molecule has 2 aliphatic heterocycles. The number of amides is 1. The van der Waals surface area contributed by atoms with Crippen molar-refractivity contribution in [3.63, 3.8) is 0 Å². The normalized spacial score (nSPS) is 17.2. The van der Waals surface area contributed by atoms with Crippen molar-refractivity contribution in [2.45, 2.75) is 19.3 Å². The summed E-state index contributed by atoms with van der Waals surface area (Å²) in [4.78, 5) is 28.9. The van der Waals surface area contributed by atoms with Gasteiger partial charge in [-0.3, -0.25) is 10.2 Å². The Morgan fingerprint density at radius 1 is 1.14 bits per heavy atom. The number of carbonyl (C=O) groups excluding carboxylic acids is 2. The van der Waals surface area contributed by atoms with E-state index >= 15 is 0 Å². The van der Waals surface area contributed by atoms with Crippen molar-refractivity contribution in [2.75, 3.05) is 0 Å². The first-order valence-electron chi connectivity index (χ1n) is 10.9. The van der Waals surface area contributed by atoms with E-state index in [1.807, 2.05) is 30.3 Å². The predicted octanol–water partition coefficient (Wildman–Crippen LogP) is 5.31. The number of aliphatic imine (C=N–C) groups is 1. The van der Waals surface area contributed by atoms with Crippen molar-refractivity contribution in [1.82, 2.24) is 5.01 Å². The lowest BCUT2D eigenvalue weighted by Crippen LogP contribution is -2.35. The molecule has 0 aliphatic carbocycles. The van der Waals surface area contributed by atoms with Crippen LogP contribution in [-0.2, 0) is 4.79 Å². The maximum atomic E-state index is 12.7. The molecule has 2 aromatic carbocycles. The smallest absolute Gasteiger partial charge is 0.379 e.